The second kappa shape index (κ2) is 8.97. The van der Waals surface area contributed by atoms with Crippen LogP contribution in [0.4, 0.5) is 5.69 Å². The number of hydrogen-bond donors (Lipinski definition) is 0. The van der Waals surface area contributed by atoms with Crippen LogP contribution in [-0.4, -0.2) is 51.3 Å². The fraction of sp³-hybridized carbons (Fsp3) is 0.409. The summed E-state index contributed by atoms with van der Waals surface area (Å²) in [7, 11) is 0. The average molecular weight is 377 g/mol. The first kappa shape index (κ1) is 18.6. The molecule has 1 atom stereocenters. The van der Waals surface area contributed by atoms with Crippen LogP contribution in [0.1, 0.15) is 37.2 Å². The molecule has 2 aromatic carbocycles. The van der Waals surface area contributed by atoms with E-state index < -0.39 is 0 Å². The Bertz CT molecular complexity index is 840. The summed E-state index contributed by atoms with van der Waals surface area (Å²) in [5.41, 5.74) is 2.53. The number of tetrazole rings is 1. The molecule has 0 unspecified atom stereocenters. The molecule has 28 heavy (non-hydrogen) atoms. The van der Waals surface area contributed by atoms with E-state index in [9.17, 15) is 0 Å². The lowest BCUT2D eigenvalue weighted by atomic mass is 10.1. The molecule has 146 valence electrons. The van der Waals surface area contributed by atoms with Crippen molar-refractivity contribution in [1.82, 2.24) is 25.1 Å². The van der Waals surface area contributed by atoms with Gasteiger partial charge in [-0.15, -0.1) is 5.10 Å². The molecule has 2 heterocycles. The van der Waals surface area contributed by atoms with Gasteiger partial charge in [-0.05, 0) is 34.5 Å². The van der Waals surface area contributed by atoms with Crippen LogP contribution < -0.4 is 4.90 Å². The summed E-state index contributed by atoms with van der Waals surface area (Å²) in [6.45, 7) is 7.07. The van der Waals surface area contributed by atoms with Crippen LogP contribution in [0.15, 0.2) is 60.7 Å². The third kappa shape index (κ3) is 4.22. The van der Waals surface area contributed by atoms with Crippen molar-refractivity contribution in [2.24, 2.45) is 0 Å². The summed E-state index contributed by atoms with van der Waals surface area (Å²) in [5.74, 6) is 0.985. The molecule has 3 aromatic rings. The summed E-state index contributed by atoms with van der Waals surface area (Å²) in [5, 5.41) is 12.7. The molecule has 0 aliphatic carbocycles. The minimum absolute atomic E-state index is 0.265. The normalized spacial score (nSPS) is 16.2. The highest BCUT2D eigenvalue weighted by molar-refractivity contribution is 5.46. The predicted octanol–water partition coefficient (Wildman–Crippen LogP) is 3.38. The van der Waals surface area contributed by atoms with Crippen LogP contribution in [0.25, 0.3) is 0 Å². The van der Waals surface area contributed by atoms with Gasteiger partial charge in [-0.1, -0.05) is 61.9 Å². The van der Waals surface area contributed by atoms with Gasteiger partial charge in [0.25, 0.3) is 0 Å². The van der Waals surface area contributed by atoms with Crippen molar-refractivity contribution in [3.8, 4) is 0 Å². The quantitative estimate of drug-likeness (QED) is 0.633. The molecule has 1 fully saturated rings. The largest absolute Gasteiger partial charge is 0.369 e. The smallest absolute Gasteiger partial charge is 0.168 e. The van der Waals surface area contributed by atoms with Gasteiger partial charge >= 0.3 is 0 Å². The number of anilines is 1. The van der Waals surface area contributed by atoms with E-state index in [1.807, 2.05) is 10.7 Å². The number of para-hydroxylation sites is 1. The Morgan fingerprint density at radius 2 is 1.57 bits per heavy atom. The van der Waals surface area contributed by atoms with Crippen LogP contribution >= 0.6 is 0 Å². The lowest BCUT2D eigenvalue weighted by Gasteiger charge is -2.39. The van der Waals surface area contributed by atoms with Gasteiger partial charge in [0, 0.05) is 31.9 Å². The summed E-state index contributed by atoms with van der Waals surface area (Å²) >= 11 is 0. The molecular formula is C22H28N6. The predicted molar refractivity (Wildman–Crippen MR) is 111 cm³/mol. The summed E-state index contributed by atoms with van der Waals surface area (Å²) in [6, 6.07) is 21.4. The molecule has 0 bridgehead atoms. The minimum atomic E-state index is 0.265. The number of hydrogen-bond acceptors (Lipinski definition) is 5. The second-order valence-corrected chi connectivity index (χ2v) is 7.34. The van der Waals surface area contributed by atoms with E-state index in [1.165, 1.54) is 11.3 Å². The fourth-order valence-electron chi connectivity index (χ4n) is 4.00. The van der Waals surface area contributed by atoms with Crippen molar-refractivity contribution in [1.29, 1.82) is 0 Å². The molecule has 0 N–H and O–H groups in total. The van der Waals surface area contributed by atoms with Gasteiger partial charge in [-0.2, -0.15) is 0 Å². The highest BCUT2D eigenvalue weighted by atomic mass is 15.6. The zero-order valence-corrected chi connectivity index (χ0v) is 16.5. The lowest BCUT2D eigenvalue weighted by molar-refractivity contribution is 0.164. The van der Waals surface area contributed by atoms with Crippen molar-refractivity contribution in [2.75, 3.05) is 31.1 Å². The van der Waals surface area contributed by atoms with E-state index in [1.54, 1.807) is 0 Å². The van der Waals surface area contributed by atoms with E-state index in [-0.39, 0.29) is 6.04 Å². The van der Waals surface area contributed by atoms with Crippen molar-refractivity contribution in [3.63, 3.8) is 0 Å². The molecule has 1 aliphatic heterocycles. The first-order valence-corrected chi connectivity index (χ1v) is 10.2. The van der Waals surface area contributed by atoms with Gasteiger partial charge in [0.2, 0.25) is 0 Å². The van der Waals surface area contributed by atoms with Crippen molar-refractivity contribution in [3.05, 3.63) is 72.1 Å². The van der Waals surface area contributed by atoms with Crippen LogP contribution in [0.5, 0.6) is 0 Å². The Kier molecular flexibility index (Phi) is 5.97. The molecule has 0 spiro atoms. The summed E-state index contributed by atoms with van der Waals surface area (Å²) in [4.78, 5) is 5.02. The minimum Gasteiger partial charge on any atom is -0.369 e. The first-order valence-electron chi connectivity index (χ1n) is 10.2. The third-order valence-corrected chi connectivity index (χ3v) is 5.47. The maximum Gasteiger partial charge on any atom is 0.168 e. The second-order valence-electron chi connectivity index (χ2n) is 7.34. The fourth-order valence-corrected chi connectivity index (χ4v) is 4.00. The van der Waals surface area contributed by atoms with Crippen molar-refractivity contribution in [2.45, 2.75) is 32.4 Å². The number of nitrogens with zero attached hydrogens (tertiary/aromatic N) is 6. The Morgan fingerprint density at radius 3 is 2.25 bits per heavy atom. The summed E-state index contributed by atoms with van der Waals surface area (Å²) < 4.78 is 1.97. The lowest BCUT2D eigenvalue weighted by Crippen LogP contribution is -2.48. The van der Waals surface area contributed by atoms with Crippen LogP contribution in [0, 0.1) is 0 Å². The van der Waals surface area contributed by atoms with Crippen LogP contribution in [0.2, 0.25) is 0 Å². The Balaban J connectivity index is 1.47. The number of rotatable bonds is 7. The van der Waals surface area contributed by atoms with Crippen LogP contribution in [0.3, 0.4) is 0 Å². The van der Waals surface area contributed by atoms with Gasteiger partial charge in [0.1, 0.15) is 0 Å². The molecule has 1 saturated heterocycles. The van der Waals surface area contributed by atoms with E-state index in [2.05, 4.69) is 86.8 Å². The van der Waals surface area contributed by atoms with E-state index in [0.29, 0.717) is 6.54 Å². The maximum absolute atomic E-state index is 4.43. The van der Waals surface area contributed by atoms with Crippen LogP contribution in [-0.2, 0) is 6.54 Å². The molecular weight excluding hydrogens is 348 g/mol. The Morgan fingerprint density at radius 1 is 0.893 bits per heavy atom. The molecule has 6 heteroatoms. The standard InChI is InChI=1S/C22H28N6/c1-2-9-21(22-23-24-25-28(22)18-19-10-5-3-6-11-19)27-16-14-26(15-17-27)20-12-7-4-8-13-20/h3-8,10-13,21H,2,9,14-18H2,1H3/t21-/m0/s1. The highest BCUT2D eigenvalue weighted by Gasteiger charge is 2.28. The monoisotopic (exact) mass is 376 g/mol. The van der Waals surface area contributed by atoms with Crippen molar-refractivity contribution >= 4 is 5.69 Å². The molecule has 0 radical (unpaired) electrons. The average Bonchev–Trinajstić information content (AvgIpc) is 3.21. The maximum atomic E-state index is 4.43. The van der Waals surface area contributed by atoms with E-state index in [4.69, 9.17) is 0 Å². The van der Waals surface area contributed by atoms with Gasteiger partial charge in [0.05, 0.1) is 12.6 Å². The van der Waals surface area contributed by atoms with E-state index in [0.717, 1.165) is 44.8 Å². The first-order chi connectivity index (χ1) is 13.8. The highest BCUT2D eigenvalue weighted by Crippen LogP contribution is 2.26. The molecule has 4 rings (SSSR count). The Labute approximate surface area is 166 Å². The van der Waals surface area contributed by atoms with Gasteiger partial charge in [-0.25, -0.2) is 4.68 Å². The van der Waals surface area contributed by atoms with Gasteiger partial charge in [-0.3, -0.25) is 4.90 Å². The number of piperazine rings is 1. The topological polar surface area (TPSA) is 50.1 Å². The summed E-state index contributed by atoms with van der Waals surface area (Å²) in [6.07, 6.45) is 2.18. The van der Waals surface area contributed by atoms with Gasteiger partial charge in [0.15, 0.2) is 5.82 Å². The zero-order valence-electron chi connectivity index (χ0n) is 16.5. The molecule has 6 nitrogen and oxygen atoms in total. The number of benzene rings is 2. The SMILES string of the molecule is CCC[C@@H](c1nnnn1Cc1ccccc1)N1CCN(c2ccccc2)CC1. The number of aromatic nitrogens is 4. The molecule has 1 aliphatic rings. The molecule has 1 aromatic heterocycles. The van der Waals surface area contributed by atoms with Crippen molar-refractivity contribution < 1.29 is 0 Å². The molecule has 0 saturated carbocycles. The van der Waals surface area contributed by atoms with E-state index >= 15 is 0 Å². The Hall–Kier alpha value is -2.73. The zero-order chi connectivity index (χ0) is 19.2. The molecule has 0 amide bonds. The van der Waals surface area contributed by atoms with Gasteiger partial charge < -0.3 is 4.90 Å². The third-order valence-electron chi connectivity index (χ3n) is 5.47.